The topological polar surface area (TPSA) is 59.3 Å². The van der Waals surface area contributed by atoms with Gasteiger partial charge in [-0.1, -0.05) is 44.2 Å². The van der Waals surface area contributed by atoms with Gasteiger partial charge in [-0.15, -0.1) is 0 Å². The number of hydrogen-bond acceptors (Lipinski definition) is 2. The van der Waals surface area contributed by atoms with Gasteiger partial charge in [0.05, 0.1) is 5.69 Å². The molecule has 4 nitrogen and oxygen atoms in total. The third-order valence-electron chi connectivity index (χ3n) is 3.23. The van der Waals surface area contributed by atoms with Crippen LogP contribution in [0.25, 0.3) is 17.3 Å². The summed E-state index contributed by atoms with van der Waals surface area (Å²) >= 11 is 0. The second-order valence-electron chi connectivity index (χ2n) is 5.52. The van der Waals surface area contributed by atoms with Crippen molar-refractivity contribution in [3.63, 3.8) is 0 Å². The highest BCUT2D eigenvalue weighted by molar-refractivity contribution is 5.85. The molecule has 0 amide bonds. The molecule has 2 rings (SSSR count). The van der Waals surface area contributed by atoms with Gasteiger partial charge in [-0.3, -0.25) is 4.79 Å². The second-order valence-corrected chi connectivity index (χ2v) is 5.52. The van der Waals surface area contributed by atoms with Crippen LogP contribution in [-0.2, 0) is 11.3 Å². The molecular formula is C18H19NO3. The highest BCUT2D eigenvalue weighted by Gasteiger charge is 2.10. The minimum absolute atomic E-state index is 0.174. The predicted octanol–water partition coefficient (Wildman–Crippen LogP) is 3.27. The van der Waals surface area contributed by atoms with Gasteiger partial charge < -0.3 is 9.67 Å². The van der Waals surface area contributed by atoms with Gasteiger partial charge in [-0.25, -0.2) is 4.79 Å². The predicted molar refractivity (Wildman–Crippen MR) is 87.6 cm³/mol. The Morgan fingerprint density at radius 1 is 1.18 bits per heavy atom. The average Bonchev–Trinajstić information content (AvgIpc) is 2.48. The van der Waals surface area contributed by atoms with Crippen LogP contribution in [-0.4, -0.2) is 15.6 Å². The molecule has 0 aliphatic rings. The first-order valence-electron chi connectivity index (χ1n) is 7.19. The number of benzene rings is 1. The zero-order valence-corrected chi connectivity index (χ0v) is 12.7. The Morgan fingerprint density at radius 3 is 2.45 bits per heavy atom. The average molecular weight is 297 g/mol. The fourth-order valence-corrected chi connectivity index (χ4v) is 2.29. The molecule has 4 heteroatoms. The van der Waals surface area contributed by atoms with Crippen LogP contribution in [0.2, 0.25) is 0 Å². The number of rotatable bonds is 5. The third kappa shape index (κ3) is 3.73. The van der Waals surface area contributed by atoms with Crippen LogP contribution in [0.15, 0.2) is 53.3 Å². The van der Waals surface area contributed by atoms with Gasteiger partial charge in [0.15, 0.2) is 0 Å². The number of nitrogens with zero attached hydrogens (tertiary/aromatic N) is 1. The number of aliphatic carboxylic acids is 1. The zero-order chi connectivity index (χ0) is 16.1. The van der Waals surface area contributed by atoms with E-state index in [1.54, 1.807) is 10.6 Å². The molecule has 0 aliphatic heterocycles. The van der Waals surface area contributed by atoms with Gasteiger partial charge >= 0.3 is 5.97 Å². The fourth-order valence-electron chi connectivity index (χ4n) is 2.29. The molecule has 0 bridgehead atoms. The molecule has 0 fully saturated rings. The van der Waals surface area contributed by atoms with Crippen LogP contribution in [0.3, 0.4) is 0 Å². The molecule has 0 spiro atoms. The van der Waals surface area contributed by atoms with Gasteiger partial charge in [0.1, 0.15) is 0 Å². The highest BCUT2D eigenvalue weighted by Crippen LogP contribution is 2.19. The van der Waals surface area contributed by atoms with Gasteiger partial charge in [-0.05, 0) is 29.7 Å². The Balaban J connectivity index is 2.58. The number of carbonyl (C=O) groups is 1. The maximum atomic E-state index is 12.6. The largest absolute Gasteiger partial charge is 0.478 e. The molecule has 1 aromatic carbocycles. The van der Waals surface area contributed by atoms with E-state index < -0.39 is 5.97 Å². The number of aromatic nitrogens is 1. The summed E-state index contributed by atoms with van der Waals surface area (Å²) in [5.41, 5.74) is 2.01. The number of carboxylic acids is 1. The van der Waals surface area contributed by atoms with Crippen LogP contribution in [0.5, 0.6) is 0 Å². The smallest absolute Gasteiger partial charge is 0.328 e. The molecule has 2 aromatic rings. The van der Waals surface area contributed by atoms with E-state index in [0.717, 1.165) is 17.3 Å². The molecule has 1 aromatic heterocycles. The summed E-state index contributed by atoms with van der Waals surface area (Å²) < 4.78 is 1.71. The molecule has 0 unspecified atom stereocenters. The second kappa shape index (κ2) is 6.89. The van der Waals surface area contributed by atoms with Crippen molar-refractivity contribution >= 4 is 12.0 Å². The minimum atomic E-state index is -1.07. The number of hydrogen-bond donors (Lipinski definition) is 1. The highest BCUT2D eigenvalue weighted by atomic mass is 16.4. The Labute approximate surface area is 129 Å². The Kier molecular flexibility index (Phi) is 4.94. The van der Waals surface area contributed by atoms with Crippen molar-refractivity contribution in [2.45, 2.75) is 20.4 Å². The molecule has 0 saturated heterocycles. The van der Waals surface area contributed by atoms with Gasteiger partial charge in [0.2, 0.25) is 0 Å². The molecular weight excluding hydrogens is 278 g/mol. The summed E-state index contributed by atoms with van der Waals surface area (Å²) in [5.74, 6) is -0.763. The molecule has 1 heterocycles. The normalized spacial score (nSPS) is 11.2. The molecule has 0 saturated carbocycles. The Bertz CT molecular complexity index is 743. The lowest BCUT2D eigenvalue weighted by Crippen LogP contribution is -2.25. The van der Waals surface area contributed by atoms with Gasteiger partial charge in [0.25, 0.3) is 5.56 Å². The van der Waals surface area contributed by atoms with E-state index in [1.165, 1.54) is 6.08 Å². The number of pyridine rings is 1. The Morgan fingerprint density at radius 2 is 1.86 bits per heavy atom. The van der Waals surface area contributed by atoms with E-state index in [4.69, 9.17) is 5.11 Å². The monoisotopic (exact) mass is 297 g/mol. The first-order chi connectivity index (χ1) is 10.5. The minimum Gasteiger partial charge on any atom is -0.478 e. The summed E-state index contributed by atoms with van der Waals surface area (Å²) in [6.07, 6.45) is 2.33. The van der Waals surface area contributed by atoms with E-state index in [2.05, 4.69) is 0 Å². The van der Waals surface area contributed by atoms with Crippen molar-refractivity contribution in [2.24, 2.45) is 5.92 Å². The van der Waals surface area contributed by atoms with Gasteiger partial charge in [0, 0.05) is 18.2 Å². The third-order valence-corrected chi connectivity index (χ3v) is 3.23. The summed E-state index contributed by atoms with van der Waals surface area (Å²) in [6, 6.07) is 13.2. The maximum Gasteiger partial charge on any atom is 0.328 e. The van der Waals surface area contributed by atoms with Crippen molar-refractivity contribution in [3.05, 3.63) is 64.5 Å². The van der Waals surface area contributed by atoms with E-state index in [9.17, 15) is 9.59 Å². The van der Waals surface area contributed by atoms with Crippen molar-refractivity contribution < 1.29 is 9.90 Å². The zero-order valence-electron chi connectivity index (χ0n) is 12.7. The summed E-state index contributed by atoms with van der Waals surface area (Å²) in [6.45, 7) is 4.67. The SMILES string of the molecule is CC(C)Cn1c(-c2ccccc2)ccc(/C=C/C(=O)O)c1=O. The van der Waals surface area contributed by atoms with Crippen LogP contribution < -0.4 is 5.56 Å². The molecule has 0 atom stereocenters. The van der Waals surface area contributed by atoms with E-state index in [1.807, 2.05) is 50.2 Å². The molecule has 0 radical (unpaired) electrons. The lowest BCUT2D eigenvalue weighted by Gasteiger charge is -2.16. The molecule has 0 aliphatic carbocycles. The van der Waals surface area contributed by atoms with Crippen LogP contribution in [0, 0.1) is 5.92 Å². The van der Waals surface area contributed by atoms with Crippen LogP contribution >= 0.6 is 0 Å². The van der Waals surface area contributed by atoms with Crippen molar-refractivity contribution in [1.29, 1.82) is 0 Å². The fraction of sp³-hybridized carbons (Fsp3) is 0.222. The molecule has 1 N–H and O–H groups in total. The first kappa shape index (κ1) is 15.8. The van der Waals surface area contributed by atoms with Gasteiger partial charge in [-0.2, -0.15) is 0 Å². The quantitative estimate of drug-likeness (QED) is 0.862. The lowest BCUT2D eigenvalue weighted by molar-refractivity contribution is -0.131. The number of carboxylic acid groups (broad SMARTS) is 1. The van der Waals surface area contributed by atoms with Crippen molar-refractivity contribution in [1.82, 2.24) is 4.57 Å². The maximum absolute atomic E-state index is 12.6. The summed E-state index contributed by atoms with van der Waals surface area (Å²) in [7, 11) is 0. The summed E-state index contributed by atoms with van der Waals surface area (Å²) in [4.78, 5) is 23.3. The van der Waals surface area contributed by atoms with E-state index >= 15 is 0 Å². The summed E-state index contributed by atoms with van der Waals surface area (Å²) in [5, 5.41) is 8.72. The first-order valence-corrected chi connectivity index (χ1v) is 7.19. The van der Waals surface area contributed by atoms with Crippen LogP contribution in [0.1, 0.15) is 19.4 Å². The molecule has 114 valence electrons. The standard InChI is InChI=1S/C18H19NO3/c1-13(2)12-19-16(14-6-4-3-5-7-14)10-8-15(18(19)22)9-11-17(20)21/h3-11,13H,12H2,1-2H3,(H,20,21)/b11-9+. The molecule has 22 heavy (non-hydrogen) atoms. The van der Waals surface area contributed by atoms with Crippen molar-refractivity contribution in [3.8, 4) is 11.3 Å². The Hall–Kier alpha value is -2.62. The van der Waals surface area contributed by atoms with Crippen LogP contribution in [0.4, 0.5) is 0 Å². The van der Waals surface area contributed by atoms with E-state index in [-0.39, 0.29) is 5.56 Å². The van der Waals surface area contributed by atoms with Crippen molar-refractivity contribution in [2.75, 3.05) is 0 Å². The lowest BCUT2D eigenvalue weighted by atomic mass is 10.1. The van der Waals surface area contributed by atoms with E-state index in [0.29, 0.717) is 18.0 Å².